The molecule has 0 aliphatic heterocycles. The smallest absolute Gasteiger partial charge is 0.206 e. The van der Waals surface area contributed by atoms with Gasteiger partial charge in [-0.1, -0.05) is 35.9 Å². The van der Waals surface area contributed by atoms with E-state index in [0.29, 0.717) is 10.6 Å². The maximum absolute atomic E-state index is 13.6. The molecule has 98 valence electrons. The van der Waals surface area contributed by atoms with E-state index in [1.165, 1.54) is 24.3 Å². The summed E-state index contributed by atoms with van der Waals surface area (Å²) >= 11 is 5.84. The van der Waals surface area contributed by atoms with Gasteiger partial charge in [0, 0.05) is 5.02 Å². The zero-order chi connectivity index (χ0) is 14.5. The maximum Gasteiger partial charge on any atom is 0.206 e. The van der Waals surface area contributed by atoms with Gasteiger partial charge in [0.2, 0.25) is 5.78 Å². The molecule has 0 aromatic heterocycles. The minimum Gasteiger partial charge on any atom is -0.288 e. The van der Waals surface area contributed by atoms with Crippen molar-refractivity contribution in [2.24, 2.45) is 0 Å². The van der Waals surface area contributed by atoms with Crippen molar-refractivity contribution < 1.29 is 9.18 Å². The van der Waals surface area contributed by atoms with Crippen LogP contribution in [0.4, 0.5) is 4.39 Å². The lowest BCUT2D eigenvalue weighted by Gasteiger charge is -2.01. The van der Waals surface area contributed by atoms with Gasteiger partial charge in [0.15, 0.2) is 0 Å². The summed E-state index contributed by atoms with van der Waals surface area (Å²) in [5.41, 5.74) is 0.346. The molecule has 2 aromatic carbocycles. The molecule has 20 heavy (non-hydrogen) atoms. The van der Waals surface area contributed by atoms with Gasteiger partial charge in [-0.05, 0) is 35.9 Å². The number of Topliss-reactive ketones (excluding diaryl/α,β-unsaturated/α-hetero) is 1. The van der Waals surface area contributed by atoms with E-state index in [-0.39, 0.29) is 11.1 Å². The Morgan fingerprint density at radius 2 is 1.95 bits per heavy atom. The fourth-order valence-electron chi connectivity index (χ4n) is 1.70. The second-order valence-electron chi connectivity index (χ2n) is 4.03. The van der Waals surface area contributed by atoms with Crippen molar-refractivity contribution in [2.45, 2.75) is 0 Å². The number of benzene rings is 2. The first-order valence-electron chi connectivity index (χ1n) is 5.78. The SMILES string of the molecule is N#C/C(=C\c1cccc(Cl)c1)C(=O)c1ccccc1F. The molecule has 0 amide bonds. The van der Waals surface area contributed by atoms with Crippen LogP contribution in [0.3, 0.4) is 0 Å². The van der Waals surface area contributed by atoms with E-state index >= 15 is 0 Å². The monoisotopic (exact) mass is 285 g/mol. The van der Waals surface area contributed by atoms with Gasteiger partial charge in [-0.2, -0.15) is 5.26 Å². The number of ketones is 1. The number of hydrogen-bond acceptors (Lipinski definition) is 2. The lowest BCUT2D eigenvalue weighted by molar-refractivity contribution is 0.103. The van der Waals surface area contributed by atoms with Gasteiger partial charge in [0.05, 0.1) is 5.56 Å². The van der Waals surface area contributed by atoms with E-state index in [9.17, 15) is 9.18 Å². The summed E-state index contributed by atoms with van der Waals surface area (Å²) in [5.74, 6) is -1.30. The zero-order valence-corrected chi connectivity index (χ0v) is 11.1. The summed E-state index contributed by atoms with van der Waals surface area (Å²) < 4.78 is 13.6. The summed E-state index contributed by atoms with van der Waals surface area (Å²) in [5, 5.41) is 9.58. The Morgan fingerprint density at radius 1 is 1.20 bits per heavy atom. The summed E-state index contributed by atoms with van der Waals surface area (Å²) in [4.78, 5) is 12.1. The van der Waals surface area contributed by atoms with E-state index in [0.717, 1.165) is 0 Å². The van der Waals surface area contributed by atoms with Crippen LogP contribution in [0.5, 0.6) is 0 Å². The van der Waals surface area contributed by atoms with Gasteiger partial charge in [-0.25, -0.2) is 4.39 Å². The highest BCUT2D eigenvalue weighted by Crippen LogP contribution is 2.17. The number of hydrogen-bond donors (Lipinski definition) is 0. The third-order valence-corrected chi connectivity index (χ3v) is 2.88. The third-order valence-electron chi connectivity index (χ3n) is 2.64. The third kappa shape index (κ3) is 3.11. The van der Waals surface area contributed by atoms with Crippen LogP contribution in [0.25, 0.3) is 6.08 Å². The quantitative estimate of drug-likeness (QED) is 0.480. The van der Waals surface area contributed by atoms with Crippen LogP contribution in [0.15, 0.2) is 54.1 Å². The van der Waals surface area contributed by atoms with E-state index in [1.807, 2.05) is 0 Å². The molecule has 2 nitrogen and oxygen atoms in total. The molecule has 2 rings (SSSR count). The minimum absolute atomic E-state index is 0.123. The molecule has 4 heteroatoms. The molecule has 0 unspecified atom stereocenters. The summed E-state index contributed by atoms with van der Waals surface area (Å²) in [7, 11) is 0. The molecule has 0 N–H and O–H groups in total. The van der Waals surface area contributed by atoms with Gasteiger partial charge in [0.1, 0.15) is 17.5 Å². The molecule has 0 saturated carbocycles. The number of carbonyl (C=O) groups is 1. The number of halogens is 2. The lowest BCUT2D eigenvalue weighted by Crippen LogP contribution is -2.04. The first-order chi connectivity index (χ1) is 9.61. The first kappa shape index (κ1) is 14.0. The molecule has 0 radical (unpaired) electrons. The minimum atomic E-state index is -0.648. The Hall–Kier alpha value is -2.44. The van der Waals surface area contributed by atoms with Crippen molar-refractivity contribution in [1.82, 2.24) is 0 Å². The Labute approximate surface area is 120 Å². The summed E-state index contributed by atoms with van der Waals surface area (Å²) in [6.07, 6.45) is 1.39. The van der Waals surface area contributed by atoms with Crippen molar-refractivity contribution in [1.29, 1.82) is 5.26 Å². The van der Waals surface area contributed by atoms with Crippen LogP contribution in [0.2, 0.25) is 5.02 Å². The Bertz CT molecular complexity index is 731. The first-order valence-corrected chi connectivity index (χ1v) is 6.16. The van der Waals surface area contributed by atoms with Crippen molar-refractivity contribution in [3.63, 3.8) is 0 Å². The molecule has 0 aliphatic carbocycles. The fourth-order valence-corrected chi connectivity index (χ4v) is 1.90. The zero-order valence-electron chi connectivity index (χ0n) is 10.3. The highest BCUT2D eigenvalue weighted by molar-refractivity contribution is 6.30. The van der Waals surface area contributed by atoms with Crippen molar-refractivity contribution in [3.05, 3.63) is 76.1 Å². The lowest BCUT2D eigenvalue weighted by atomic mass is 10.0. The second kappa shape index (κ2) is 6.14. The molecule has 0 heterocycles. The van der Waals surface area contributed by atoms with Gasteiger partial charge in [0.25, 0.3) is 0 Å². The fraction of sp³-hybridized carbons (Fsp3) is 0. The Balaban J connectivity index is 2.41. The van der Waals surface area contributed by atoms with Gasteiger partial charge in [-0.3, -0.25) is 4.79 Å². The van der Waals surface area contributed by atoms with Crippen LogP contribution in [0, 0.1) is 17.1 Å². The number of allylic oxidation sites excluding steroid dienone is 1. The van der Waals surface area contributed by atoms with Gasteiger partial charge >= 0.3 is 0 Å². The standard InChI is InChI=1S/C16H9ClFNO/c17-13-5-3-4-11(9-13)8-12(10-19)16(20)14-6-1-2-7-15(14)18/h1-9H/b12-8+. The Morgan fingerprint density at radius 3 is 2.60 bits per heavy atom. The van der Waals surface area contributed by atoms with E-state index in [1.54, 1.807) is 36.4 Å². The van der Waals surface area contributed by atoms with Crippen LogP contribution in [-0.4, -0.2) is 5.78 Å². The summed E-state index contributed by atoms with van der Waals surface area (Å²) in [6.45, 7) is 0. The molecular weight excluding hydrogens is 277 g/mol. The average molecular weight is 286 g/mol. The molecule has 0 aliphatic rings. The predicted molar refractivity (Wildman–Crippen MR) is 75.8 cm³/mol. The van der Waals surface area contributed by atoms with Crippen molar-refractivity contribution >= 4 is 23.5 Å². The predicted octanol–water partition coefficient (Wildman–Crippen LogP) is 4.27. The van der Waals surface area contributed by atoms with Crippen molar-refractivity contribution in [2.75, 3.05) is 0 Å². The van der Waals surface area contributed by atoms with E-state index in [4.69, 9.17) is 16.9 Å². The van der Waals surface area contributed by atoms with E-state index in [2.05, 4.69) is 0 Å². The molecule has 0 fully saturated rings. The van der Waals surface area contributed by atoms with Crippen LogP contribution in [-0.2, 0) is 0 Å². The topological polar surface area (TPSA) is 40.9 Å². The molecule has 0 spiro atoms. The number of nitrogens with zero attached hydrogens (tertiary/aromatic N) is 1. The molecule has 0 bridgehead atoms. The van der Waals surface area contributed by atoms with Crippen LogP contribution >= 0.6 is 11.6 Å². The summed E-state index contributed by atoms with van der Waals surface area (Å²) in [6, 6.07) is 14.1. The largest absolute Gasteiger partial charge is 0.288 e. The van der Waals surface area contributed by atoms with Crippen LogP contribution in [0.1, 0.15) is 15.9 Å². The molecule has 2 aromatic rings. The Kier molecular flexibility index (Phi) is 4.29. The molecular formula is C16H9ClFNO. The number of carbonyl (C=O) groups excluding carboxylic acids is 1. The van der Waals surface area contributed by atoms with Crippen molar-refractivity contribution in [3.8, 4) is 6.07 Å². The van der Waals surface area contributed by atoms with Gasteiger partial charge in [-0.15, -0.1) is 0 Å². The second-order valence-corrected chi connectivity index (χ2v) is 4.47. The average Bonchev–Trinajstić information content (AvgIpc) is 2.44. The normalized spacial score (nSPS) is 10.9. The van der Waals surface area contributed by atoms with E-state index < -0.39 is 11.6 Å². The number of rotatable bonds is 3. The van der Waals surface area contributed by atoms with Gasteiger partial charge < -0.3 is 0 Å². The van der Waals surface area contributed by atoms with Crippen LogP contribution < -0.4 is 0 Å². The molecule has 0 atom stereocenters. The highest BCUT2D eigenvalue weighted by Gasteiger charge is 2.15. The maximum atomic E-state index is 13.6. The molecule has 0 saturated heterocycles. The number of nitriles is 1. The highest BCUT2D eigenvalue weighted by atomic mass is 35.5.